The van der Waals surface area contributed by atoms with Gasteiger partial charge in [0.25, 0.3) is 0 Å². The highest BCUT2D eigenvalue weighted by atomic mass is 16.5. The Morgan fingerprint density at radius 3 is 1.30 bits per heavy atom. The highest BCUT2D eigenvalue weighted by Gasteiger charge is 2.18. The molecule has 0 aliphatic carbocycles. The lowest BCUT2D eigenvalue weighted by atomic mass is 10.0. The molecule has 0 saturated heterocycles. The van der Waals surface area contributed by atoms with Gasteiger partial charge in [-0.15, -0.1) is 0 Å². The summed E-state index contributed by atoms with van der Waals surface area (Å²) in [4.78, 5) is 24.5. The van der Waals surface area contributed by atoms with Crippen molar-refractivity contribution in [1.29, 1.82) is 0 Å². The molecule has 0 aromatic rings. The van der Waals surface area contributed by atoms with Crippen molar-refractivity contribution in [2.24, 2.45) is 0 Å². The Balaban J connectivity index is 3.48. The van der Waals surface area contributed by atoms with E-state index < -0.39 is 12.1 Å². The van der Waals surface area contributed by atoms with E-state index >= 15 is 0 Å². The molecule has 0 aliphatic rings. The highest BCUT2D eigenvalue weighted by Crippen LogP contribution is 2.15. The Hall–Kier alpha value is -1.92. The van der Waals surface area contributed by atoms with Crippen LogP contribution in [0.25, 0.3) is 0 Å². The summed E-state index contributed by atoms with van der Waals surface area (Å²) in [5, 5.41) is 23.0. The Morgan fingerprint density at radius 2 is 0.833 bits per heavy atom. The molecule has 6 nitrogen and oxygen atoms in total. The van der Waals surface area contributed by atoms with Crippen molar-refractivity contribution in [2.75, 3.05) is 13.2 Å². The van der Waals surface area contributed by atoms with Crippen LogP contribution in [0.2, 0.25) is 0 Å². The van der Waals surface area contributed by atoms with Gasteiger partial charge in [0.05, 0.1) is 25.4 Å². The van der Waals surface area contributed by atoms with Crippen LogP contribution in [0.3, 0.4) is 0 Å². The van der Waals surface area contributed by atoms with Crippen LogP contribution in [0.15, 0.2) is 36.5 Å². The van der Waals surface area contributed by atoms with Crippen LogP contribution in [0.1, 0.15) is 271 Å². The number of esters is 1. The lowest BCUT2D eigenvalue weighted by Crippen LogP contribution is -2.45. The third kappa shape index (κ3) is 45.6. The molecule has 6 heteroatoms. The predicted molar refractivity (Wildman–Crippen MR) is 259 cm³/mol. The molecule has 0 rings (SSSR count). The van der Waals surface area contributed by atoms with Crippen molar-refractivity contribution in [1.82, 2.24) is 5.32 Å². The largest absolute Gasteiger partial charge is 0.466 e. The van der Waals surface area contributed by atoms with Crippen LogP contribution < -0.4 is 5.32 Å². The van der Waals surface area contributed by atoms with E-state index in [0.29, 0.717) is 19.4 Å². The minimum absolute atomic E-state index is 0.0152. The van der Waals surface area contributed by atoms with Gasteiger partial charge in [-0.05, 0) is 64.2 Å². The topological polar surface area (TPSA) is 95.9 Å². The number of unbranched alkanes of at least 4 members (excludes halogenated alkanes) is 33. The van der Waals surface area contributed by atoms with Crippen LogP contribution in [0.4, 0.5) is 0 Å². The van der Waals surface area contributed by atoms with Crippen molar-refractivity contribution in [2.45, 2.75) is 283 Å². The predicted octanol–water partition coefficient (Wildman–Crippen LogP) is 15.7. The van der Waals surface area contributed by atoms with E-state index in [2.05, 4.69) is 43.5 Å². The van der Waals surface area contributed by atoms with Gasteiger partial charge < -0.3 is 20.3 Å². The summed E-state index contributed by atoms with van der Waals surface area (Å²) in [7, 11) is 0. The molecule has 1 amide bonds. The van der Waals surface area contributed by atoms with E-state index in [1.165, 1.54) is 180 Å². The number of ether oxygens (including phenoxy) is 1. The summed E-state index contributed by atoms with van der Waals surface area (Å²) in [5.41, 5.74) is 0. The molecule has 2 unspecified atom stereocenters. The zero-order valence-corrected chi connectivity index (χ0v) is 39.9. The van der Waals surface area contributed by atoms with E-state index in [9.17, 15) is 19.8 Å². The smallest absolute Gasteiger partial charge is 0.305 e. The monoisotopic (exact) mass is 844 g/mol. The molecule has 0 saturated carbocycles. The van der Waals surface area contributed by atoms with Gasteiger partial charge in [0.2, 0.25) is 5.91 Å². The van der Waals surface area contributed by atoms with Crippen LogP contribution in [0, 0.1) is 0 Å². The van der Waals surface area contributed by atoms with Gasteiger partial charge >= 0.3 is 5.97 Å². The number of allylic oxidation sites excluding steroid dienone is 5. The van der Waals surface area contributed by atoms with E-state index in [1.54, 1.807) is 6.08 Å². The zero-order chi connectivity index (χ0) is 43.7. The van der Waals surface area contributed by atoms with Crippen molar-refractivity contribution in [3.8, 4) is 0 Å². The van der Waals surface area contributed by atoms with Gasteiger partial charge in [0.15, 0.2) is 0 Å². The molecule has 0 aromatic heterocycles. The molecular weight excluding hydrogens is 743 g/mol. The fraction of sp³-hybridized carbons (Fsp3) is 0.852. The molecule has 0 heterocycles. The second-order valence-electron chi connectivity index (χ2n) is 17.9. The molecule has 60 heavy (non-hydrogen) atoms. The SMILES string of the molecule is CCCCC/C=C\C/C=C\CCCCCCCCCC(=O)OCCCCCCCCCCCCCCCC(=O)NC(CO)C(O)/C=C/CCCCCCCCCCCCC. The Kier molecular flexibility index (Phi) is 48.1. The fourth-order valence-corrected chi connectivity index (χ4v) is 7.84. The summed E-state index contributed by atoms with van der Waals surface area (Å²) >= 11 is 0. The van der Waals surface area contributed by atoms with Crippen molar-refractivity contribution >= 4 is 11.9 Å². The van der Waals surface area contributed by atoms with Crippen LogP contribution >= 0.6 is 0 Å². The summed E-state index contributed by atoms with van der Waals surface area (Å²) in [6, 6.07) is -0.637. The summed E-state index contributed by atoms with van der Waals surface area (Å²) in [6.45, 7) is 4.84. The molecule has 2 atom stereocenters. The normalized spacial score (nSPS) is 12.9. The Morgan fingerprint density at radius 1 is 0.467 bits per heavy atom. The first-order valence-corrected chi connectivity index (χ1v) is 26.3. The van der Waals surface area contributed by atoms with Crippen molar-refractivity contribution in [3.63, 3.8) is 0 Å². The van der Waals surface area contributed by atoms with Crippen molar-refractivity contribution in [3.05, 3.63) is 36.5 Å². The maximum absolute atomic E-state index is 12.4. The standard InChI is InChI=1S/C54H101NO5/c1-3-5-7-9-11-13-15-17-18-19-20-24-28-32-36-40-44-48-54(59)60-49-45-41-37-33-29-25-21-23-27-31-35-39-43-47-53(58)55-51(50-56)52(57)46-42-38-34-30-26-22-16-14-12-10-8-6-4-2/h11,13,17-18,42,46,51-52,56-57H,3-10,12,14-16,19-41,43-45,47-50H2,1-2H3,(H,55,58)/b13-11-,18-17-,46-42+. The summed E-state index contributed by atoms with van der Waals surface area (Å²) < 4.78 is 5.47. The van der Waals surface area contributed by atoms with Crippen LogP contribution in [0.5, 0.6) is 0 Å². The van der Waals surface area contributed by atoms with Gasteiger partial charge in [-0.3, -0.25) is 9.59 Å². The number of hydrogen-bond acceptors (Lipinski definition) is 5. The van der Waals surface area contributed by atoms with Gasteiger partial charge in [0, 0.05) is 12.8 Å². The fourth-order valence-electron chi connectivity index (χ4n) is 7.84. The van der Waals surface area contributed by atoms with E-state index in [1.807, 2.05) is 6.08 Å². The third-order valence-electron chi connectivity index (χ3n) is 11.9. The molecule has 0 aromatic carbocycles. The highest BCUT2D eigenvalue weighted by molar-refractivity contribution is 5.76. The quantitative estimate of drug-likeness (QED) is 0.0322. The maximum atomic E-state index is 12.4. The average Bonchev–Trinajstić information content (AvgIpc) is 3.25. The molecule has 352 valence electrons. The first kappa shape index (κ1) is 58.1. The summed E-state index contributed by atoms with van der Waals surface area (Å²) in [5.74, 6) is -0.0972. The summed E-state index contributed by atoms with van der Waals surface area (Å²) in [6.07, 6.45) is 59.9. The maximum Gasteiger partial charge on any atom is 0.305 e. The molecule has 0 fully saturated rings. The number of aliphatic hydroxyl groups excluding tert-OH is 2. The van der Waals surface area contributed by atoms with Crippen molar-refractivity contribution < 1.29 is 24.5 Å². The van der Waals surface area contributed by atoms with E-state index in [4.69, 9.17) is 4.74 Å². The molecule has 0 radical (unpaired) electrons. The minimum atomic E-state index is -0.853. The number of rotatable bonds is 48. The number of carbonyl (C=O) groups excluding carboxylic acids is 2. The third-order valence-corrected chi connectivity index (χ3v) is 11.9. The zero-order valence-electron chi connectivity index (χ0n) is 39.9. The second-order valence-corrected chi connectivity index (χ2v) is 17.9. The number of hydrogen-bond donors (Lipinski definition) is 3. The first-order valence-electron chi connectivity index (χ1n) is 26.3. The lowest BCUT2D eigenvalue weighted by molar-refractivity contribution is -0.143. The number of aliphatic hydroxyl groups is 2. The number of carbonyl (C=O) groups is 2. The molecule has 3 N–H and O–H groups in total. The average molecular weight is 844 g/mol. The lowest BCUT2D eigenvalue weighted by Gasteiger charge is -2.20. The molecule has 0 bridgehead atoms. The van der Waals surface area contributed by atoms with Crippen LogP contribution in [-0.4, -0.2) is 47.4 Å². The van der Waals surface area contributed by atoms with Gasteiger partial charge in [-0.1, -0.05) is 230 Å². The molecule has 0 spiro atoms. The first-order chi connectivity index (χ1) is 29.5. The van der Waals surface area contributed by atoms with Gasteiger partial charge in [-0.2, -0.15) is 0 Å². The Labute approximate surface area is 373 Å². The van der Waals surface area contributed by atoms with Gasteiger partial charge in [-0.25, -0.2) is 0 Å². The molecular formula is C54H101NO5. The Bertz CT molecular complexity index is 977. The van der Waals surface area contributed by atoms with E-state index in [-0.39, 0.29) is 18.5 Å². The van der Waals surface area contributed by atoms with E-state index in [0.717, 1.165) is 64.2 Å². The van der Waals surface area contributed by atoms with Gasteiger partial charge in [0.1, 0.15) is 0 Å². The minimum Gasteiger partial charge on any atom is -0.466 e. The van der Waals surface area contributed by atoms with Crippen LogP contribution in [-0.2, 0) is 14.3 Å². The molecule has 0 aliphatic heterocycles. The second kappa shape index (κ2) is 49.7. The number of amides is 1. The number of nitrogens with one attached hydrogen (secondary N) is 1.